The minimum atomic E-state index is -0.589. The van der Waals surface area contributed by atoms with Gasteiger partial charge in [-0.2, -0.15) is 5.10 Å². The highest BCUT2D eigenvalue weighted by molar-refractivity contribution is 6.02. The van der Waals surface area contributed by atoms with Gasteiger partial charge in [0.05, 0.1) is 5.52 Å². The van der Waals surface area contributed by atoms with E-state index in [-0.39, 0.29) is 24.2 Å². The van der Waals surface area contributed by atoms with Gasteiger partial charge in [-0.3, -0.25) is 9.89 Å². The Bertz CT molecular complexity index is 710. The number of amides is 1. The van der Waals surface area contributed by atoms with Crippen molar-refractivity contribution < 1.29 is 14.3 Å². The van der Waals surface area contributed by atoms with Gasteiger partial charge in [-0.1, -0.05) is 38.0 Å². The number of H-pyrrole nitrogens is 1. The van der Waals surface area contributed by atoms with Gasteiger partial charge in [0.2, 0.25) is 0 Å². The second-order valence-electron chi connectivity index (χ2n) is 6.13. The summed E-state index contributed by atoms with van der Waals surface area (Å²) in [5.74, 6) is -0.370. The molecule has 2 aromatic rings. The molecular formula is C17H21N3O3. The molecule has 0 bridgehead atoms. The molecule has 1 heterocycles. The molecule has 23 heavy (non-hydrogen) atoms. The molecule has 6 heteroatoms. The summed E-state index contributed by atoms with van der Waals surface area (Å²) in [6.45, 7) is 1.87. The van der Waals surface area contributed by atoms with Gasteiger partial charge in [0.1, 0.15) is 0 Å². The Hall–Kier alpha value is -2.37. The predicted octanol–water partition coefficient (Wildman–Crippen LogP) is 2.41. The van der Waals surface area contributed by atoms with Gasteiger partial charge in [0.15, 0.2) is 12.3 Å². The first-order valence-electron chi connectivity index (χ1n) is 8.05. The smallest absolute Gasteiger partial charge is 0.359 e. The predicted molar refractivity (Wildman–Crippen MR) is 85.9 cm³/mol. The van der Waals surface area contributed by atoms with E-state index in [2.05, 4.69) is 22.4 Å². The van der Waals surface area contributed by atoms with Gasteiger partial charge in [0.25, 0.3) is 5.91 Å². The van der Waals surface area contributed by atoms with Crippen molar-refractivity contribution in [3.8, 4) is 0 Å². The van der Waals surface area contributed by atoms with Crippen molar-refractivity contribution in [2.24, 2.45) is 5.92 Å². The quantitative estimate of drug-likeness (QED) is 0.849. The standard InChI is InChI=1S/C17H21N3O3/c1-11-6-2-4-8-13(11)18-15(21)10-23-17(22)16-12-7-3-5-9-14(12)19-20-16/h3,5,7,9,11,13H,2,4,6,8,10H2,1H3,(H,18,21)(H,19,20). The van der Waals surface area contributed by atoms with Gasteiger partial charge < -0.3 is 10.1 Å². The van der Waals surface area contributed by atoms with Gasteiger partial charge in [-0.25, -0.2) is 4.79 Å². The van der Waals surface area contributed by atoms with Crippen LogP contribution in [0.2, 0.25) is 0 Å². The molecule has 1 aromatic carbocycles. The third-order valence-corrected chi connectivity index (χ3v) is 4.46. The number of benzene rings is 1. The van der Waals surface area contributed by atoms with E-state index in [9.17, 15) is 9.59 Å². The zero-order chi connectivity index (χ0) is 16.2. The molecule has 1 fully saturated rings. The van der Waals surface area contributed by atoms with Gasteiger partial charge in [-0.15, -0.1) is 0 Å². The van der Waals surface area contributed by atoms with Crippen LogP contribution in [0.25, 0.3) is 10.9 Å². The summed E-state index contributed by atoms with van der Waals surface area (Å²) >= 11 is 0. The summed E-state index contributed by atoms with van der Waals surface area (Å²) in [6.07, 6.45) is 4.47. The third kappa shape index (κ3) is 3.52. The van der Waals surface area contributed by atoms with Crippen LogP contribution in [0.4, 0.5) is 0 Å². The third-order valence-electron chi connectivity index (χ3n) is 4.46. The van der Waals surface area contributed by atoms with Crippen LogP contribution in [0.15, 0.2) is 24.3 Å². The highest BCUT2D eigenvalue weighted by atomic mass is 16.5. The summed E-state index contributed by atoms with van der Waals surface area (Å²) in [7, 11) is 0. The molecule has 0 saturated heterocycles. The normalized spacial score (nSPS) is 21.1. The molecular weight excluding hydrogens is 294 g/mol. The van der Waals surface area contributed by atoms with Crippen LogP contribution in [-0.2, 0) is 9.53 Å². The summed E-state index contributed by atoms with van der Waals surface area (Å²) in [5, 5.41) is 10.4. The van der Waals surface area contributed by atoms with Crippen LogP contribution in [0.5, 0.6) is 0 Å². The topological polar surface area (TPSA) is 84.1 Å². The van der Waals surface area contributed by atoms with E-state index in [0.717, 1.165) is 24.8 Å². The molecule has 0 aliphatic heterocycles. The number of nitrogens with zero attached hydrogens (tertiary/aromatic N) is 1. The fourth-order valence-electron chi connectivity index (χ4n) is 3.10. The maximum atomic E-state index is 12.1. The number of fused-ring (bicyclic) bond motifs is 1. The first-order valence-corrected chi connectivity index (χ1v) is 8.05. The number of aromatic nitrogens is 2. The first-order chi connectivity index (χ1) is 11.1. The SMILES string of the molecule is CC1CCCCC1NC(=O)COC(=O)c1n[nH]c2ccccc12. The number of para-hydroxylation sites is 1. The number of rotatable bonds is 4. The molecule has 6 nitrogen and oxygen atoms in total. The van der Waals surface area contributed by atoms with E-state index in [1.807, 2.05) is 18.2 Å². The highest BCUT2D eigenvalue weighted by Crippen LogP contribution is 2.23. The second-order valence-corrected chi connectivity index (χ2v) is 6.13. The van der Waals surface area contributed by atoms with Crippen molar-refractivity contribution in [3.63, 3.8) is 0 Å². The van der Waals surface area contributed by atoms with Crippen LogP contribution in [0, 0.1) is 5.92 Å². The minimum Gasteiger partial charge on any atom is -0.451 e. The molecule has 1 aliphatic rings. The summed E-state index contributed by atoms with van der Waals surface area (Å²) in [4.78, 5) is 24.1. The Morgan fingerprint density at radius 3 is 2.91 bits per heavy atom. The number of carbonyl (C=O) groups is 2. The van der Waals surface area contributed by atoms with E-state index < -0.39 is 5.97 Å². The first kappa shape index (κ1) is 15.5. The maximum Gasteiger partial charge on any atom is 0.359 e. The monoisotopic (exact) mass is 315 g/mol. The van der Waals surface area contributed by atoms with Crippen LogP contribution < -0.4 is 5.32 Å². The van der Waals surface area contributed by atoms with E-state index in [4.69, 9.17) is 4.74 Å². The van der Waals surface area contributed by atoms with Crippen molar-refractivity contribution >= 4 is 22.8 Å². The van der Waals surface area contributed by atoms with Gasteiger partial charge >= 0.3 is 5.97 Å². The van der Waals surface area contributed by atoms with Gasteiger partial charge in [0, 0.05) is 11.4 Å². The molecule has 0 spiro atoms. The largest absolute Gasteiger partial charge is 0.451 e. The number of ether oxygens (including phenoxy) is 1. The molecule has 122 valence electrons. The van der Waals surface area contributed by atoms with Crippen LogP contribution in [-0.4, -0.2) is 34.7 Å². The van der Waals surface area contributed by atoms with Crippen molar-refractivity contribution in [2.45, 2.75) is 38.6 Å². The Kier molecular flexibility index (Phi) is 4.60. The number of nitrogens with one attached hydrogen (secondary N) is 2. The Balaban J connectivity index is 1.55. The van der Waals surface area contributed by atoms with E-state index in [1.165, 1.54) is 6.42 Å². The lowest BCUT2D eigenvalue weighted by Crippen LogP contribution is -2.42. The molecule has 3 rings (SSSR count). The summed E-state index contributed by atoms with van der Waals surface area (Å²) < 4.78 is 5.10. The fraction of sp³-hybridized carbons (Fsp3) is 0.471. The van der Waals surface area contributed by atoms with Crippen molar-refractivity contribution in [1.29, 1.82) is 0 Å². The molecule has 1 aromatic heterocycles. The average Bonchev–Trinajstić information content (AvgIpc) is 2.99. The molecule has 2 atom stereocenters. The van der Waals surface area contributed by atoms with E-state index in [0.29, 0.717) is 11.3 Å². The van der Waals surface area contributed by atoms with Crippen LogP contribution >= 0.6 is 0 Å². The fourth-order valence-corrected chi connectivity index (χ4v) is 3.10. The maximum absolute atomic E-state index is 12.1. The van der Waals surface area contributed by atoms with Crippen LogP contribution in [0.1, 0.15) is 43.1 Å². The molecule has 1 saturated carbocycles. The van der Waals surface area contributed by atoms with Crippen LogP contribution in [0.3, 0.4) is 0 Å². The molecule has 1 aliphatic carbocycles. The Morgan fingerprint density at radius 1 is 1.30 bits per heavy atom. The summed E-state index contributed by atoms with van der Waals surface area (Å²) in [5.41, 5.74) is 0.972. The Morgan fingerprint density at radius 2 is 2.09 bits per heavy atom. The zero-order valence-electron chi connectivity index (χ0n) is 13.2. The number of esters is 1. The zero-order valence-corrected chi connectivity index (χ0v) is 13.2. The minimum absolute atomic E-state index is 0.182. The van der Waals surface area contributed by atoms with E-state index in [1.54, 1.807) is 6.07 Å². The lowest BCUT2D eigenvalue weighted by atomic mass is 9.86. The van der Waals surface area contributed by atoms with Crippen molar-refractivity contribution in [1.82, 2.24) is 15.5 Å². The molecule has 1 amide bonds. The van der Waals surface area contributed by atoms with Crippen molar-refractivity contribution in [2.75, 3.05) is 6.61 Å². The second kappa shape index (κ2) is 6.81. The lowest BCUT2D eigenvalue weighted by molar-refractivity contribution is -0.125. The number of hydrogen-bond donors (Lipinski definition) is 2. The number of hydrogen-bond acceptors (Lipinski definition) is 4. The summed E-state index contributed by atoms with van der Waals surface area (Å²) in [6, 6.07) is 7.48. The highest BCUT2D eigenvalue weighted by Gasteiger charge is 2.23. The molecule has 2 unspecified atom stereocenters. The average molecular weight is 315 g/mol. The lowest BCUT2D eigenvalue weighted by Gasteiger charge is -2.29. The van der Waals surface area contributed by atoms with E-state index >= 15 is 0 Å². The molecule has 2 N–H and O–H groups in total. The van der Waals surface area contributed by atoms with Crippen molar-refractivity contribution in [3.05, 3.63) is 30.0 Å². The number of carbonyl (C=O) groups excluding carboxylic acids is 2. The number of aromatic amines is 1. The van der Waals surface area contributed by atoms with Gasteiger partial charge in [-0.05, 0) is 24.8 Å². The Labute approximate surface area is 134 Å². The molecule has 0 radical (unpaired) electrons.